The van der Waals surface area contributed by atoms with Gasteiger partial charge in [-0.25, -0.2) is 4.79 Å². The summed E-state index contributed by atoms with van der Waals surface area (Å²) >= 11 is 5.97. The first-order valence-corrected chi connectivity index (χ1v) is 9.43. The van der Waals surface area contributed by atoms with Gasteiger partial charge in [-0.1, -0.05) is 41.9 Å². The van der Waals surface area contributed by atoms with E-state index in [0.717, 1.165) is 22.0 Å². The molecule has 3 aromatic rings. The number of nitrogens with one attached hydrogen (secondary N) is 1. The SMILES string of the molecule is CCOC(=O)c1c(CN[C@@H](C)c2ccc(Cl)cc2)nc2ccccc2c1C. The van der Waals surface area contributed by atoms with Crippen molar-refractivity contribution in [3.63, 3.8) is 0 Å². The third kappa shape index (κ3) is 4.29. The molecule has 140 valence electrons. The monoisotopic (exact) mass is 382 g/mol. The molecule has 0 radical (unpaired) electrons. The van der Waals surface area contributed by atoms with E-state index >= 15 is 0 Å². The number of pyridine rings is 1. The number of carbonyl (C=O) groups is 1. The predicted octanol–water partition coefficient (Wildman–Crippen LogP) is 5.22. The minimum absolute atomic E-state index is 0.0888. The summed E-state index contributed by atoms with van der Waals surface area (Å²) in [6, 6.07) is 15.7. The molecule has 0 fully saturated rings. The van der Waals surface area contributed by atoms with E-state index < -0.39 is 0 Å². The van der Waals surface area contributed by atoms with Crippen LogP contribution in [0.1, 0.15) is 47.1 Å². The highest BCUT2D eigenvalue weighted by Gasteiger charge is 2.20. The van der Waals surface area contributed by atoms with Crippen LogP contribution in [0.25, 0.3) is 10.9 Å². The number of ether oxygens (including phenoxy) is 1. The Hall–Kier alpha value is -2.43. The average molecular weight is 383 g/mol. The first-order valence-electron chi connectivity index (χ1n) is 9.05. The first-order chi connectivity index (χ1) is 13.0. The number of halogens is 1. The van der Waals surface area contributed by atoms with Crippen LogP contribution in [-0.4, -0.2) is 17.6 Å². The fourth-order valence-electron chi connectivity index (χ4n) is 3.16. The van der Waals surface area contributed by atoms with Crippen LogP contribution >= 0.6 is 11.6 Å². The Bertz CT molecular complexity index is 954. The maximum absolute atomic E-state index is 12.6. The number of hydrogen-bond donors (Lipinski definition) is 1. The summed E-state index contributed by atoms with van der Waals surface area (Å²) in [5.41, 5.74) is 4.14. The zero-order valence-corrected chi connectivity index (χ0v) is 16.5. The van der Waals surface area contributed by atoms with Crippen molar-refractivity contribution in [2.75, 3.05) is 6.61 Å². The Morgan fingerprint density at radius 2 is 1.89 bits per heavy atom. The third-order valence-corrected chi connectivity index (χ3v) is 4.90. The number of fused-ring (bicyclic) bond motifs is 1. The van der Waals surface area contributed by atoms with E-state index in [1.807, 2.05) is 62.4 Å². The molecule has 0 bridgehead atoms. The molecule has 2 aromatic carbocycles. The molecule has 0 aliphatic rings. The van der Waals surface area contributed by atoms with Crippen molar-refractivity contribution < 1.29 is 9.53 Å². The lowest BCUT2D eigenvalue weighted by Crippen LogP contribution is -2.22. The predicted molar refractivity (Wildman–Crippen MR) is 109 cm³/mol. The number of carbonyl (C=O) groups excluding carboxylic acids is 1. The van der Waals surface area contributed by atoms with Gasteiger partial charge in [-0.15, -0.1) is 0 Å². The molecule has 1 N–H and O–H groups in total. The van der Waals surface area contributed by atoms with E-state index in [0.29, 0.717) is 29.4 Å². The summed E-state index contributed by atoms with van der Waals surface area (Å²) in [5, 5.41) is 5.13. The van der Waals surface area contributed by atoms with Gasteiger partial charge in [0.2, 0.25) is 0 Å². The molecule has 0 aliphatic carbocycles. The van der Waals surface area contributed by atoms with E-state index in [-0.39, 0.29) is 12.0 Å². The van der Waals surface area contributed by atoms with Crippen LogP contribution in [0.15, 0.2) is 48.5 Å². The fraction of sp³-hybridized carbons (Fsp3) is 0.273. The highest BCUT2D eigenvalue weighted by Crippen LogP contribution is 2.24. The zero-order chi connectivity index (χ0) is 19.4. The number of nitrogens with zero attached hydrogens (tertiary/aromatic N) is 1. The molecule has 27 heavy (non-hydrogen) atoms. The molecule has 0 saturated carbocycles. The maximum Gasteiger partial charge on any atom is 0.340 e. The molecule has 4 nitrogen and oxygen atoms in total. The summed E-state index contributed by atoms with van der Waals surface area (Å²) in [6.07, 6.45) is 0. The summed E-state index contributed by atoms with van der Waals surface area (Å²) in [5.74, 6) is -0.329. The number of rotatable bonds is 6. The normalized spacial score (nSPS) is 12.1. The molecule has 5 heteroatoms. The van der Waals surface area contributed by atoms with Crippen LogP contribution in [0.3, 0.4) is 0 Å². The summed E-state index contributed by atoms with van der Waals surface area (Å²) < 4.78 is 5.28. The number of benzene rings is 2. The molecule has 0 spiro atoms. The minimum atomic E-state index is -0.329. The minimum Gasteiger partial charge on any atom is -0.462 e. The Morgan fingerprint density at radius 3 is 2.59 bits per heavy atom. The number of esters is 1. The van der Waals surface area contributed by atoms with Gasteiger partial charge in [-0.3, -0.25) is 4.98 Å². The lowest BCUT2D eigenvalue weighted by molar-refractivity contribution is 0.0523. The summed E-state index contributed by atoms with van der Waals surface area (Å²) in [6.45, 7) is 6.62. The van der Waals surface area contributed by atoms with Gasteiger partial charge >= 0.3 is 5.97 Å². The quantitative estimate of drug-likeness (QED) is 0.593. The van der Waals surface area contributed by atoms with Crippen LogP contribution in [-0.2, 0) is 11.3 Å². The van der Waals surface area contributed by atoms with Crippen LogP contribution in [0.5, 0.6) is 0 Å². The first kappa shape index (κ1) is 19.3. The van der Waals surface area contributed by atoms with Crippen LogP contribution in [0.2, 0.25) is 5.02 Å². The molecule has 0 aliphatic heterocycles. The molecule has 0 amide bonds. The number of para-hydroxylation sites is 1. The van der Waals surface area contributed by atoms with Gasteiger partial charge in [-0.05, 0) is 50.1 Å². The van der Waals surface area contributed by atoms with Crippen molar-refractivity contribution in [3.8, 4) is 0 Å². The summed E-state index contributed by atoms with van der Waals surface area (Å²) in [7, 11) is 0. The van der Waals surface area contributed by atoms with Gasteiger partial charge in [0.1, 0.15) is 0 Å². The van der Waals surface area contributed by atoms with Gasteiger partial charge in [0.05, 0.1) is 23.4 Å². The Morgan fingerprint density at radius 1 is 1.19 bits per heavy atom. The topological polar surface area (TPSA) is 51.2 Å². The number of aryl methyl sites for hydroxylation is 1. The Labute approximate surface area is 164 Å². The summed E-state index contributed by atoms with van der Waals surface area (Å²) in [4.78, 5) is 17.3. The van der Waals surface area contributed by atoms with Crippen molar-refractivity contribution in [3.05, 3.63) is 75.9 Å². The number of hydrogen-bond acceptors (Lipinski definition) is 4. The van der Waals surface area contributed by atoms with Crippen molar-refractivity contribution >= 4 is 28.5 Å². The number of aromatic nitrogens is 1. The van der Waals surface area contributed by atoms with E-state index in [9.17, 15) is 4.79 Å². The lowest BCUT2D eigenvalue weighted by atomic mass is 10.0. The maximum atomic E-state index is 12.6. The molecule has 1 atom stereocenters. The second kappa shape index (κ2) is 8.51. The standard InChI is InChI=1S/C22H23ClN2O2/c1-4-27-22(26)21-14(2)18-7-5-6-8-19(18)25-20(21)13-24-15(3)16-9-11-17(23)12-10-16/h5-12,15,24H,4,13H2,1-3H3/t15-/m0/s1. The molecular weight excluding hydrogens is 360 g/mol. The molecule has 1 aromatic heterocycles. The van der Waals surface area contributed by atoms with Gasteiger partial charge < -0.3 is 10.1 Å². The van der Waals surface area contributed by atoms with Gasteiger partial charge in [0.15, 0.2) is 0 Å². The third-order valence-electron chi connectivity index (χ3n) is 4.65. The Balaban J connectivity index is 1.93. The van der Waals surface area contributed by atoms with Crippen molar-refractivity contribution in [1.82, 2.24) is 10.3 Å². The Kier molecular flexibility index (Phi) is 6.09. The van der Waals surface area contributed by atoms with E-state index in [2.05, 4.69) is 12.2 Å². The zero-order valence-electron chi connectivity index (χ0n) is 15.8. The van der Waals surface area contributed by atoms with E-state index in [4.69, 9.17) is 21.3 Å². The van der Waals surface area contributed by atoms with Crippen LogP contribution in [0, 0.1) is 6.92 Å². The molecule has 1 heterocycles. The average Bonchev–Trinajstić information content (AvgIpc) is 2.67. The van der Waals surface area contributed by atoms with Crippen molar-refractivity contribution in [1.29, 1.82) is 0 Å². The van der Waals surface area contributed by atoms with Crippen LogP contribution in [0.4, 0.5) is 0 Å². The lowest BCUT2D eigenvalue weighted by Gasteiger charge is -2.17. The highest BCUT2D eigenvalue weighted by molar-refractivity contribution is 6.30. The van der Waals surface area contributed by atoms with Gasteiger partial charge in [0, 0.05) is 23.0 Å². The largest absolute Gasteiger partial charge is 0.462 e. The van der Waals surface area contributed by atoms with E-state index in [1.165, 1.54) is 0 Å². The highest BCUT2D eigenvalue weighted by atomic mass is 35.5. The van der Waals surface area contributed by atoms with Gasteiger partial charge in [0.25, 0.3) is 0 Å². The van der Waals surface area contributed by atoms with Crippen molar-refractivity contribution in [2.45, 2.75) is 33.4 Å². The smallest absolute Gasteiger partial charge is 0.340 e. The van der Waals surface area contributed by atoms with Crippen molar-refractivity contribution in [2.24, 2.45) is 0 Å². The van der Waals surface area contributed by atoms with Gasteiger partial charge in [-0.2, -0.15) is 0 Å². The second-order valence-corrected chi connectivity index (χ2v) is 6.89. The van der Waals surface area contributed by atoms with E-state index in [1.54, 1.807) is 0 Å². The molecule has 3 rings (SSSR count). The van der Waals surface area contributed by atoms with Crippen LogP contribution < -0.4 is 5.32 Å². The molecule has 0 unspecified atom stereocenters. The second-order valence-electron chi connectivity index (χ2n) is 6.45. The fourth-order valence-corrected chi connectivity index (χ4v) is 3.29. The molecular formula is C22H23ClN2O2. The molecule has 0 saturated heterocycles.